The van der Waals surface area contributed by atoms with Crippen LogP contribution in [0.3, 0.4) is 0 Å². The average Bonchev–Trinajstić information content (AvgIpc) is 2.81. The number of hydrogen-bond acceptors (Lipinski definition) is 2. The van der Waals surface area contributed by atoms with Crippen molar-refractivity contribution in [1.82, 2.24) is 0 Å². The van der Waals surface area contributed by atoms with E-state index in [9.17, 15) is 4.39 Å². The fourth-order valence-corrected chi connectivity index (χ4v) is 1.56. The van der Waals surface area contributed by atoms with Gasteiger partial charge in [-0.05, 0) is 29.8 Å². The molecule has 0 fully saturated rings. The predicted octanol–water partition coefficient (Wildman–Crippen LogP) is 3.65. The smallest absolute Gasteiger partial charge is 0.129 e. The molecule has 2 rings (SSSR count). The summed E-state index contributed by atoms with van der Waals surface area (Å²) < 4.78 is 23.5. The average molecular weight is 232 g/mol. The SMILES string of the molecule is COC(=Cc1ccco1)Cc1cccc(F)c1. The normalized spacial score (nSPS) is 11.5. The number of hydrogen-bond donors (Lipinski definition) is 0. The van der Waals surface area contributed by atoms with Crippen LogP contribution in [0.25, 0.3) is 6.08 Å². The highest BCUT2D eigenvalue weighted by Gasteiger charge is 2.02. The van der Waals surface area contributed by atoms with E-state index in [2.05, 4.69) is 0 Å². The molecule has 2 nitrogen and oxygen atoms in total. The van der Waals surface area contributed by atoms with Crippen LogP contribution in [0.2, 0.25) is 0 Å². The van der Waals surface area contributed by atoms with Crippen molar-refractivity contribution < 1.29 is 13.5 Å². The van der Waals surface area contributed by atoms with E-state index in [0.717, 1.165) is 17.1 Å². The van der Waals surface area contributed by atoms with Crippen LogP contribution in [0.5, 0.6) is 0 Å². The zero-order chi connectivity index (χ0) is 12.1. The fraction of sp³-hybridized carbons (Fsp3) is 0.143. The lowest BCUT2D eigenvalue weighted by molar-refractivity contribution is 0.286. The fourth-order valence-electron chi connectivity index (χ4n) is 1.56. The lowest BCUT2D eigenvalue weighted by Crippen LogP contribution is -1.93. The molecule has 0 saturated heterocycles. The van der Waals surface area contributed by atoms with Crippen LogP contribution in [0, 0.1) is 5.82 Å². The van der Waals surface area contributed by atoms with E-state index in [1.54, 1.807) is 31.6 Å². The number of ether oxygens (including phenoxy) is 1. The van der Waals surface area contributed by atoms with Gasteiger partial charge in [0.25, 0.3) is 0 Å². The Kier molecular flexibility index (Phi) is 3.60. The molecule has 1 heterocycles. The van der Waals surface area contributed by atoms with Crippen molar-refractivity contribution in [3.63, 3.8) is 0 Å². The van der Waals surface area contributed by atoms with Gasteiger partial charge < -0.3 is 9.15 Å². The molecule has 0 unspecified atom stereocenters. The molecule has 0 aliphatic rings. The number of benzene rings is 1. The second-order valence-corrected chi connectivity index (χ2v) is 3.64. The van der Waals surface area contributed by atoms with Gasteiger partial charge in [0.15, 0.2) is 0 Å². The maximum atomic E-state index is 13.0. The highest BCUT2D eigenvalue weighted by molar-refractivity contribution is 5.46. The monoisotopic (exact) mass is 232 g/mol. The molecule has 0 bridgehead atoms. The third-order valence-corrected chi connectivity index (χ3v) is 2.38. The van der Waals surface area contributed by atoms with E-state index in [1.807, 2.05) is 12.1 Å². The van der Waals surface area contributed by atoms with Gasteiger partial charge in [-0.1, -0.05) is 12.1 Å². The second kappa shape index (κ2) is 5.34. The Morgan fingerprint density at radius 2 is 2.24 bits per heavy atom. The van der Waals surface area contributed by atoms with Crippen molar-refractivity contribution in [1.29, 1.82) is 0 Å². The molecule has 0 saturated carbocycles. The number of rotatable bonds is 4. The molecule has 0 spiro atoms. The highest BCUT2D eigenvalue weighted by Crippen LogP contribution is 2.14. The second-order valence-electron chi connectivity index (χ2n) is 3.64. The van der Waals surface area contributed by atoms with E-state index in [0.29, 0.717) is 6.42 Å². The Bertz CT molecular complexity index is 501. The van der Waals surface area contributed by atoms with E-state index in [-0.39, 0.29) is 5.82 Å². The predicted molar refractivity (Wildman–Crippen MR) is 63.8 cm³/mol. The van der Waals surface area contributed by atoms with Gasteiger partial charge in [-0.2, -0.15) is 0 Å². The maximum absolute atomic E-state index is 13.0. The largest absolute Gasteiger partial charge is 0.501 e. The van der Waals surface area contributed by atoms with Gasteiger partial charge in [0.2, 0.25) is 0 Å². The lowest BCUT2D eigenvalue weighted by Gasteiger charge is -2.05. The van der Waals surface area contributed by atoms with Gasteiger partial charge >= 0.3 is 0 Å². The van der Waals surface area contributed by atoms with E-state index < -0.39 is 0 Å². The number of halogens is 1. The molecule has 88 valence electrons. The van der Waals surface area contributed by atoms with Gasteiger partial charge in [0.05, 0.1) is 13.4 Å². The van der Waals surface area contributed by atoms with Crippen LogP contribution in [-0.4, -0.2) is 7.11 Å². The lowest BCUT2D eigenvalue weighted by atomic mass is 10.1. The van der Waals surface area contributed by atoms with E-state index in [4.69, 9.17) is 9.15 Å². The van der Waals surface area contributed by atoms with Crippen LogP contribution in [-0.2, 0) is 11.2 Å². The molecule has 0 aliphatic heterocycles. The van der Waals surface area contributed by atoms with Crippen LogP contribution >= 0.6 is 0 Å². The Morgan fingerprint density at radius 1 is 1.35 bits per heavy atom. The third kappa shape index (κ3) is 3.21. The summed E-state index contributed by atoms with van der Waals surface area (Å²) in [5.41, 5.74) is 0.865. The summed E-state index contributed by atoms with van der Waals surface area (Å²) >= 11 is 0. The molecule has 17 heavy (non-hydrogen) atoms. The Hall–Kier alpha value is -2.03. The first-order valence-corrected chi connectivity index (χ1v) is 5.30. The van der Waals surface area contributed by atoms with Gasteiger partial charge in [0, 0.05) is 12.5 Å². The maximum Gasteiger partial charge on any atom is 0.129 e. The quantitative estimate of drug-likeness (QED) is 0.751. The topological polar surface area (TPSA) is 22.4 Å². The molecule has 0 atom stereocenters. The summed E-state index contributed by atoms with van der Waals surface area (Å²) in [7, 11) is 1.59. The van der Waals surface area contributed by atoms with E-state index >= 15 is 0 Å². The van der Waals surface area contributed by atoms with Crippen LogP contribution in [0.15, 0.2) is 52.8 Å². The van der Waals surface area contributed by atoms with Gasteiger partial charge in [-0.15, -0.1) is 0 Å². The third-order valence-electron chi connectivity index (χ3n) is 2.38. The number of allylic oxidation sites excluding steroid dienone is 1. The van der Waals surface area contributed by atoms with Crippen molar-refractivity contribution in [2.45, 2.75) is 6.42 Å². The van der Waals surface area contributed by atoms with Crippen molar-refractivity contribution in [3.8, 4) is 0 Å². The van der Waals surface area contributed by atoms with Gasteiger partial charge in [-0.3, -0.25) is 0 Å². The van der Waals surface area contributed by atoms with Crippen molar-refractivity contribution in [3.05, 3.63) is 65.6 Å². The summed E-state index contributed by atoms with van der Waals surface area (Å²) in [5.74, 6) is 1.21. The number of methoxy groups -OCH3 is 1. The summed E-state index contributed by atoms with van der Waals surface area (Å²) in [4.78, 5) is 0. The number of furan rings is 1. The van der Waals surface area contributed by atoms with Crippen LogP contribution < -0.4 is 0 Å². The Labute approximate surface area is 99.3 Å². The molecule has 0 radical (unpaired) electrons. The zero-order valence-electron chi connectivity index (χ0n) is 9.52. The highest BCUT2D eigenvalue weighted by atomic mass is 19.1. The summed E-state index contributed by atoms with van der Waals surface area (Å²) in [6.45, 7) is 0. The minimum atomic E-state index is -0.240. The molecule has 0 amide bonds. The molecule has 0 aliphatic carbocycles. The van der Waals surface area contributed by atoms with Crippen molar-refractivity contribution in [2.75, 3.05) is 7.11 Å². The van der Waals surface area contributed by atoms with Crippen LogP contribution in [0.4, 0.5) is 4.39 Å². The summed E-state index contributed by atoms with van der Waals surface area (Å²) in [6, 6.07) is 10.1. The van der Waals surface area contributed by atoms with Crippen LogP contribution in [0.1, 0.15) is 11.3 Å². The first kappa shape index (κ1) is 11.5. The summed E-state index contributed by atoms with van der Waals surface area (Å²) in [5, 5.41) is 0. The standard InChI is InChI=1S/C14H13FO2/c1-16-14(10-13-6-3-7-17-13)9-11-4-2-5-12(15)8-11/h2-8,10H,9H2,1H3. The first-order chi connectivity index (χ1) is 8.28. The summed E-state index contributed by atoms with van der Waals surface area (Å²) in [6.07, 6.45) is 3.93. The molecule has 3 heteroatoms. The minimum Gasteiger partial charge on any atom is -0.501 e. The van der Waals surface area contributed by atoms with Gasteiger partial charge in [-0.25, -0.2) is 4.39 Å². The molecule has 2 aromatic rings. The van der Waals surface area contributed by atoms with Crippen molar-refractivity contribution >= 4 is 6.08 Å². The molecule has 1 aromatic carbocycles. The Morgan fingerprint density at radius 3 is 2.88 bits per heavy atom. The molecular formula is C14H13FO2. The molecular weight excluding hydrogens is 219 g/mol. The van der Waals surface area contributed by atoms with Crippen molar-refractivity contribution in [2.24, 2.45) is 0 Å². The Balaban J connectivity index is 2.15. The zero-order valence-corrected chi connectivity index (χ0v) is 9.52. The van der Waals surface area contributed by atoms with Gasteiger partial charge in [0.1, 0.15) is 17.3 Å². The molecule has 1 aromatic heterocycles. The minimum absolute atomic E-state index is 0.240. The first-order valence-electron chi connectivity index (χ1n) is 5.30. The van der Waals surface area contributed by atoms with E-state index in [1.165, 1.54) is 12.1 Å². The molecule has 0 N–H and O–H groups in total.